The van der Waals surface area contributed by atoms with Crippen molar-refractivity contribution in [3.05, 3.63) is 29.8 Å². The van der Waals surface area contributed by atoms with E-state index in [1.807, 2.05) is 29.2 Å². The Bertz CT molecular complexity index is 721. The number of likely N-dealkylation sites (tertiary alicyclic amines) is 1. The minimum atomic E-state index is -0.162. The van der Waals surface area contributed by atoms with Crippen LogP contribution >= 0.6 is 0 Å². The number of ether oxygens (including phenoxy) is 1. The molecule has 1 aromatic carbocycles. The SMILES string of the molecule is CCc1ccc(NC(=O)N2CC(C(=O)NC3CCCC3)C3(CCOCC3)C2)cc1. The first-order valence-electron chi connectivity index (χ1n) is 11.1. The van der Waals surface area contributed by atoms with Gasteiger partial charge in [0.2, 0.25) is 5.91 Å². The molecule has 3 aliphatic rings. The highest BCUT2D eigenvalue weighted by atomic mass is 16.5. The summed E-state index contributed by atoms with van der Waals surface area (Å²) in [5.41, 5.74) is 1.88. The molecule has 0 bridgehead atoms. The molecule has 1 aromatic rings. The predicted octanol–water partition coefficient (Wildman–Crippen LogP) is 3.57. The van der Waals surface area contributed by atoms with Gasteiger partial charge in [-0.25, -0.2) is 4.79 Å². The smallest absolute Gasteiger partial charge is 0.321 e. The van der Waals surface area contributed by atoms with Gasteiger partial charge in [-0.3, -0.25) is 4.79 Å². The standard InChI is InChI=1S/C23H33N3O3/c1-2-17-7-9-19(10-8-17)25-22(28)26-15-20(21(27)24-18-5-3-4-6-18)23(16-26)11-13-29-14-12-23/h7-10,18,20H,2-6,11-16H2,1H3,(H,24,27)(H,25,28). The molecule has 3 amide bonds. The van der Waals surface area contributed by atoms with E-state index in [1.165, 1.54) is 18.4 Å². The molecule has 1 unspecified atom stereocenters. The van der Waals surface area contributed by atoms with Gasteiger partial charge in [0, 0.05) is 43.4 Å². The van der Waals surface area contributed by atoms with Gasteiger partial charge in [-0.1, -0.05) is 31.9 Å². The molecule has 6 heteroatoms. The van der Waals surface area contributed by atoms with Gasteiger partial charge in [0.1, 0.15) is 0 Å². The number of nitrogens with one attached hydrogen (secondary N) is 2. The second kappa shape index (κ2) is 8.74. The zero-order chi connectivity index (χ0) is 20.3. The maximum absolute atomic E-state index is 13.2. The molecule has 1 atom stereocenters. The van der Waals surface area contributed by atoms with Gasteiger partial charge < -0.3 is 20.3 Å². The number of carbonyl (C=O) groups excluding carboxylic acids is 2. The van der Waals surface area contributed by atoms with Crippen molar-refractivity contribution in [2.75, 3.05) is 31.6 Å². The average molecular weight is 400 g/mol. The zero-order valence-electron chi connectivity index (χ0n) is 17.4. The molecule has 0 aromatic heterocycles. The fourth-order valence-corrected chi connectivity index (χ4v) is 5.17. The molecule has 2 heterocycles. The molecule has 29 heavy (non-hydrogen) atoms. The van der Waals surface area contributed by atoms with Crippen molar-refractivity contribution in [3.8, 4) is 0 Å². The fraction of sp³-hybridized carbons (Fsp3) is 0.652. The first kappa shape index (κ1) is 20.2. The van der Waals surface area contributed by atoms with Crippen LogP contribution in [0.1, 0.15) is 51.0 Å². The van der Waals surface area contributed by atoms with Crippen LogP contribution < -0.4 is 10.6 Å². The van der Waals surface area contributed by atoms with E-state index < -0.39 is 0 Å². The van der Waals surface area contributed by atoms with Crippen molar-refractivity contribution in [3.63, 3.8) is 0 Å². The maximum atomic E-state index is 13.2. The van der Waals surface area contributed by atoms with Crippen LogP contribution in [0, 0.1) is 11.3 Å². The van der Waals surface area contributed by atoms with Gasteiger partial charge in [0.15, 0.2) is 0 Å². The summed E-state index contributed by atoms with van der Waals surface area (Å²) in [6, 6.07) is 8.16. The number of nitrogens with zero attached hydrogens (tertiary/aromatic N) is 1. The van der Waals surface area contributed by atoms with Gasteiger partial charge in [-0.05, 0) is 49.8 Å². The highest BCUT2D eigenvalue weighted by Crippen LogP contribution is 2.44. The lowest BCUT2D eigenvalue weighted by molar-refractivity contribution is -0.130. The Morgan fingerprint density at radius 1 is 1.14 bits per heavy atom. The monoisotopic (exact) mass is 399 g/mol. The molecule has 3 fully saturated rings. The van der Waals surface area contributed by atoms with Crippen LogP contribution in [0.2, 0.25) is 0 Å². The summed E-state index contributed by atoms with van der Waals surface area (Å²) in [4.78, 5) is 28.0. The Morgan fingerprint density at radius 3 is 2.48 bits per heavy atom. The average Bonchev–Trinajstić information content (AvgIpc) is 3.37. The molecule has 1 aliphatic carbocycles. The maximum Gasteiger partial charge on any atom is 0.321 e. The van der Waals surface area contributed by atoms with E-state index in [0.717, 1.165) is 37.8 Å². The summed E-state index contributed by atoms with van der Waals surface area (Å²) in [6.07, 6.45) is 7.19. The third kappa shape index (κ3) is 4.42. The number of urea groups is 1. The van der Waals surface area contributed by atoms with Gasteiger partial charge >= 0.3 is 6.03 Å². The largest absolute Gasteiger partial charge is 0.381 e. The molecule has 4 rings (SSSR count). The Morgan fingerprint density at radius 2 is 1.83 bits per heavy atom. The van der Waals surface area contributed by atoms with Gasteiger partial charge in [-0.15, -0.1) is 0 Å². The number of benzene rings is 1. The summed E-state index contributed by atoms with van der Waals surface area (Å²) in [5.74, 6) is -0.0263. The first-order chi connectivity index (χ1) is 14.1. The quantitative estimate of drug-likeness (QED) is 0.813. The Hall–Kier alpha value is -2.08. The van der Waals surface area contributed by atoms with E-state index in [2.05, 4.69) is 17.6 Å². The molecule has 1 spiro atoms. The Kier molecular flexibility index (Phi) is 6.09. The van der Waals surface area contributed by atoms with E-state index in [9.17, 15) is 9.59 Å². The third-order valence-corrected chi connectivity index (χ3v) is 7.06. The molecule has 2 saturated heterocycles. The Labute approximate surface area is 173 Å². The van der Waals surface area contributed by atoms with Crippen molar-refractivity contribution in [1.82, 2.24) is 10.2 Å². The number of carbonyl (C=O) groups is 2. The lowest BCUT2D eigenvalue weighted by atomic mass is 9.71. The number of rotatable bonds is 4. The number of hydrogen-bond acceptors (Lipinski definition) is 3. The van der Waals surface area contributed by atoms with Crippen LogP contribution in [0.15, 0.2) is 24.3 Å². The number of hydrogen-bond donors (Lipinski definition) is 2. The van der Waals surface area contributed by atoms with Crippen molar-refractivity contribution in [1.29, 1.82) is 0 Å². The van der Waals surface area contributed by atoms with Crippen LogP contribution in [0.5, 0.6) is 0 Å². The predicted molar refractivity (Wildman–Crippen MR) is 113 cm³/mol. The normalized spacial score (nSPS) is 24.0. The molecule has 2 aliphatic heterocycles. The lowest BCUT2D eigenvalue weighted by Crippen LogP contribution is -2.46. The Balaban J connectivity index is 1.45. The van der Waals surface area contributed by atoms with Crippen LogP contribution in [-0.2, 0) is 16.0 Å². The number of amides is 3. The molecule has 2 N–H and O–H groups in total. The molecule has 0 radical (unpaired) electrons. The van der Waals surface area contributed by atoms with Gasteiger partial charge in [-0.2, -0.15) is 0 Å². The summed E-state index contributed by atoms with van der Waals surface area (Å²) in [7, 11) is 0. The summed E-state index contributed by atoms with van der Waals surface area (Å²) >= 11 is 0. The lowest BCUT2D eigenvalue weighted by Gasteiger charge is -2.37. The van der Waals surface area contributed by atoms with Crippen molar-refractivity contribution < 1.29 is 14.3 Å². The minimum Gasteiger partial charge on any atom is -0.381 e. The molecule has 158 valence electrons. The van der Waals surface area contributed by atoms with Crippen molar-refractivity contribution in [2.45, 2.75) is 57.9 Å². The summed E-state index contributed by atoms with van der Waals surface area (Å²) in [6.45, 7) is 4.56. The topological polar surface area (TPSA) is 70.7 Å². The van der Waals surface area contributed by atoms with Crippen LogP contribution in [0.4, 0.5) is 10.5 Å². The minimum absolute atomic E-state index is 0.115. The van der Waals surface area contributed by atoms with Crippen LogP contribution in [-0.4, -0.2) is 49.2 Å². The molecular weight excluding hydrogens is 366 g/mol. The number of anilines is 1. The van der Waals surface area contributed by atoms with E-state index in [4.69, 9.17) is 4.74 Å². The third-order valence-electron chi connectivity index (χ3n) is 7.06. The highest BCUT2D eigenvalue weighted by Gasteiger charge is 2.52. The fourth-order valence-electron chi connectivity index (χ4n) is 5.17. The first-order valence-corrected chi connectivity index (χ1v) is 11.1. The van der Waals surface area contributed by atoms with Crippen molar-refractivity contribution in [2.24, 2.45) is 11.3 Å². The zero-order valence-corrected chi connectivity index (χ0v) is 17.4. The van der Waals surface area contributed by atoms with E-state index >= 15 is 0 Å². The van der Waals surface area contributed by atoms with Crippen LogP contribution in [0.25, 0.3) is 0 Å². The van der Waals surface area contributed by atoms with Crippen molar-refractivity contribution >= 4 is 17.6 Å². The second-order valence-corrected chi connectivity index (χ2v) is 8.88. The molecule has 1 saturated carbocycles. The summed E-state index contributed by atoms with van der Waals surface area (Å²) in [5, 5.41) is 6.29. The second-order valence-electron chi connectivity index (χ2n) is 8.88. The van der Waals surface area contributed by atoms with E-state index in [1.54, 1.807) is 0 Å². The highest BCUT2D eigenvalue weighted by molar-refractivity contribution is 5.91. The molecule has 6 nitrogen and oxygen atoms in total. The van der Waals surface area contributed by atoms with Gasteiger partial charge in [0.05, 0.1) is 5.92 Å². The molecular formula is C23H33N3O3. The van der Waals surface area contributed by atoms with E-state index in [0.29, 0.717) is 32.3 Å². The summed E-state index contributed by atoms with van der Waals surface area (Å²) < 4.78 is 5.58. The van der Waals surface area contributed by atoms with E-state index in [-0.39, 0.29) is 23.3 Å². The van der Waals surface area contributed by atoms with Crippen LogP contribution in [0.3, 0.4) is 0 Å². The van der Waals surface area contributed by atoms with Gasteiger partial charge in [0.25, 0.3) is 0 Å². The number of aryl methyl sites for hydroxylation is 1.